The Morgan fingerprint density at radius 3 is 2.92 bits per heavy atom. The van der Waals surface area contributed by atoms with E-state index in [-0.39, 0.29) is 16.4 Å². The van der Waals surface area contributed by atoms with Crippen molar-refractivity contribution in [2.75, 3.05) is 7.11 Å². The van der Waals surface area contributed by atoms with Gasteiger partial charge in [-0.1, -0.05) is 11.6 Å². The van der Waals surface area contributed by atoms with Gasteiger partial charge in [0.2, 0.25) is 0 Å². The predicted molar refractivity (Wildman–Crippen MR) is 45.3 cm³/mol. The van der Waals surface area contributed by atoms with Crippen LogP contribution in [0.5, 0.6) is 0 Å². The molecular formula is C8H5ClN2O2. The van der Waals surface area contributed by atoms with Crippen LogP contribution in [-0.4, -0.2) is 18.1 Å². The summed E-state index contributed by atoms with van der Waals surface area (Å²) >= 11 is 5.61. The van der Waals surface area contributed by atoms with Crippen LogP contribution in [0.4, 0.5) is 0 Å². The Morgan fingerprint density at radius 2 is 2.38 bits per heavy atom. The zero-order chi connectivity index (χ0) is 9.84. The van der Waals surface area contributed by atoms with E-state index in [0.717, 1.165) is 0 Å². The van der Waals surface area contributed by atoms with E-state index >= 15 is 0 Å². The van der Waals surface area contributed by atoms with E-state index < -0.39 is 5.97 Å². The Balaban J connectivity index is 3.15. The highest BCUT2D eigenvalue weighted by atomic mass is 35.5. The summed E-state index contributed by atoms with van der Waals surface area (Å²) in [5.41, 5.74) is 0.0908. The summed E-state index contributed by atoms with van der Waals surface area (Å²) in [6.07, 6.45) is 0. The molecule has 0 aromatic carbocycles. The van der Waals surface area contributed by atoms with Gasteiger partial charge in [-0.2, -0.15) is 5.26 Å². The Morgan fingerprint density at radius 1 is 1.69 bits per heavy atom. The van der Waals surface area contributed by atoms with E-state index in [2.05, 4.69) is 9.72 Å². The van der Waals surface area contributed by atoms with Gasteiger partial charge in [0.05, 0.1) is 12.1 Å². The SMILES string of the molecule is COC(=O)c1ccc(Cl)c(C#N)n1. The molecule has 0 aliphatic rings. The number of hydrogen-bond donors (Lipinski definition) is 0. The number of pyridine rings is 1. The van der Waals surface area contributed by atoms with Crippen molar-refractivity contribution in [2.24, 2.45) is 0 Å². The van der Waals surface area contributed by atoms with Crippen molar-refractivity contribution in [2.45, 2.75) is 0 Å². The number of methoxy groups -OCH3 is 1. The summed E-state index contributed by atoms with van der Waals surface area (Å²) in [5.74, 6) is -0.590. The minimum Gasteiger partial charge on any atom is -0.464 e. The number of rotatable bonds is 1. The molecule has 4 nitrogen and oxygen atoms in total. The highest BCUT2D eigenvalue weighted by molar-refractivity contribution is 6.31. The smallest absolute Gasteiger partial charge is 0.356 e. The fourth-order valence-electron chi connectivity index (χ4n) is 0.739. The molecule has 0 amide bonds. The molecule has 0 bridgehead atoms. The highest BCUT2D eigenvalue weighted by Crippen LogP contribution is 2.13. The lowest BCUT2D eigenvalue weighted by Crippen LogP contribution is -2.05. The van der Waals surface area contributed by atoms with Crippen LogP contribution in [0.3, 0.4) is 0 Å². The lowest BCUT2D eigenvalue weighted by molar-refractivity contribution is 0.0594. The molecule has 13 heavy (non-hydrogen) atoms. The summed E-state index contributed by atoms with van der Waals surface area (Å²) in [7, 11) is 1.24. The summed E-state index contributed by atoms with van der Waals surface area (Å²) in [6.45, 7) is 0. The first kappa shape index (κ1) is 9.49. The molecule has 5 heteroatoms. The molecule has 0 N–H and O–H groups in total. The Labute approximate surface area is 79.7 Å². The minimum absolute atomic E-state index is 0.0181. The van der Waals surface area contributed by atoms with Gasteiger partial charge in [-0.05, 0) is 12.1 Å². The maximum Gasteiger partial charge on any atom is 0.356 e. The molecule has 0 saturated carbocycles. The first-order valence-corrected chi connectivity index (χ1v) is 3.71. The molecule has 1 rings (SSSR count). The molecule has 0 aliphatic heterocycles. The van der Waals surface area contributed by atoms with Gasteiger partial charge in [0.25, 0.3) is 0 Å². The fourth-order valence-corrected chi connectivity index (χ4v) is 0.886. The normalized spacial score (nSPS) is 9.00. The Bertz CT molecular complexity index is 384. The van der Waals surface area contributed by atoms with Gasteiger partial charge >= 0.3 is 5.97 Å². The molecule has 0 aliphatic carbocycles. The van der Waals surface area contributed by atoms with Crippen molar-refractivity contribution in [3.05, 3.63) is 28.5 Å². The van der Waals surface area contributed by atoms with Crippen LogP contribution in [-0.2, 0) is 4.74 Å². The van der Waals surface area contributed by atoms with Crippen LogP contribution in [0.25, 0.3) is 0 Å². The lowest BCUT2D eigenvalue weighted by Gasteiger charge is -1.98. The van der Waals surface area contributed by atoms with E-state index in [1.54, 1.807) is 6.07 Å². The average molecular weight is 197 g/mol. The van der Waals surface area contributed by atoms with Crippen LogP contribution in [0.1, 0.15) is 16.2 Å². The maximum atomic E-state index is 11.0. The lowest BCUT2D eigenvalue weighted by atomic mass is 10.3. The van der Waals surface area contributed by atoms with Gasteiger partial charge in [-0.3, -0.25) is 0 Å². The van der Waals surface area contributed by atoms with Crippen molar-refractivity contribution < 1.29 is 9.53 Å². The number of halogens is 1. The number of aromatic nitrogens is 1. The van der Waals surface area contributed by atoms with Crippen LogP contribution in [0.2, 0.25) is 5.02 Å². The third-order valence-electron chi connectivity index (χ3n) is 1.35. The van der Waals surface area contributed by atoms with Crippen LogP contribution < -0.4 is 0 Å². The zero-order valence-corrected chi connectivity index (χ0v) is 7.50. The molecule has 0 saturated heterocycles. The number of hydrogen-bond acceptors (Lipinski definition) is 4. The van der Waals surface area contributed by atoms with Crippen molar-refractivity contribution >= 4 is 17.6 Å². The molecule has 0 fully saturated rings. The number of carbonyl (C=O) groups excluding carboxylic acids is 1. The molecule has 0 unspecified atom stereocenters. The topological polar surface area (TPSA) is 63.0 Å². The minimum atomic E-state index is -0.590. The molecule has 66 valence electrons. The summed E-state index contributed by atoms with van der Waals surface area (Å²) in [6, 6.07) is 4.59. The molecule has 0 atom stereocenters. The van der Waals surface area contributed by atoms with Crippen LogP contribution in [0.15, 0.2) is 12.1 Å². The molecule has 1 heterocycles. The summed E-state index contributed by atoms with van der Waals surface area (Å²) in [5, 5.41) is 8.77. The standard InChI is InChI=1S/C8H5ClN2O2/c1-13-8(12)6-3-2-5(9)7(4-10)11-6/h2-3H,1H3. The predicted octanol–water partition coefficient (Wildman–Crippen LogP) is 1.39. The second-order valence-electron chi connectivity index (χ2n) is 2.13. The van der Waals surface area contributed by atoms with Crippen LogP contribution >= 0.6 is 11.6 Å². The number of carbonyl (C=O) groups is 1. The largest absolute Gasteiger partial charge is 0.464 e. The first-order chi connectivity index (χ1) is 6.19. The van der Waals surface area contributed by atoms with Crippen molar-refractivity contribution in [1.29, 1.82) is 5.26 Å². The Kier molecular flexibility index (Phi) is 2.83. The van der Waals surface area contributed by atoms with E-state index in [0.29, 0.717) is 0 Å². The van der Waals surface area contributed by atoms with Gasteiger partial charge in [0.1, 0.15) is 11.8 Å². The quantitative estimate of drug-likeness (QED) is 0.637. The number of nitriles is 1. The van der Waals surface area contributed by atoms with Gasteiger partial charge < -0.3 is 4.74 Å². The number of ether oxygens (including phenoxy) is 1. The number of nitrogens with zero attached hydrogens (tertiary/aromatic N) is 2. The molecular weight excluding hydrogens is 192 g/mol. The third kappa shape index (κ3) is 1.95. The zero-order valence-electron chi connectivity index (χ0n) is 6.74. The monoisotopic (exact) mass is 196 g/mol. The van der Waals surface area contributed by atoms with E-state index in [1.807, 2.05) is 0 Å². The fraction of sp³-hybridized carbons (Fsp3) is 0.125. The van der Waals surface area contributed by atoms with Crippen LogP contribution in [0, 0.1) is 11.3 Å². The average Bonchev–Trinajstić information content (AvgIpc) is 2.17. The van der Waals surface area contributed by atoms with Gasteiger partial charge in [-0.25, -0.2) is 9.78 Å². The van der Waals surface area contributed by atoms with Gasteiger partial charge in [-0.15, -0.1) is 0 Å². The van der Waals surface area contributed by atoms with E-state index in [1.165, 1.54) is 19.2 Å². The molecule has 0 radical (unpaired) electrons. The van der Waals surface area contributed by atoms with Gasteiger partial charge in [0, 0.05) is 0 Å². The van der Waals surface area contributed by atoms with Crippen molar-refractivity contribution in [3.8, 4) is 6.07 Å². The molecule has 0 spiro atoms. The van der Waals surface area contributed by atoms with Crippen molar-refractivity contribution in [1.82, 2.24) is 4.98 Å². The van der Waals surface area contributed by atoms with Gasteiger partial charge in [0.15, 0.2) is 5.69 Å². The summed E-state index contributed by atoms with van der Waals surface area (Å²) < 4.78 is 4.42. The van der Waals surface area contributed by atoms with E-state index in [9.17, 15) is 4.79 Å². The second kappa shape index (κ2) is 3.87. The second-order valence-corrected chi connectivity index (χ2v) is 2.54. The molecule has 1 aromatic heterocycles. The molecule has 1 aromatic rings. The highest BCUT2D eigenvalue weighted by Gasteiger charge is 2.09. The maximum absolute atomic E-state index is 11.0. The summed E-state index contributed by atoms with van der Waals surface area (Å²) in [4.78, 5) is 14.6. The first-order valence-electron chi connectivity index (χ1n) is 3.34. The number of esters is 1. The van der Waals surface area contributed by atoms with E-state index in [4.69, 9.17) is 16.9 Å². The van der Waals surface area contributed by atoms with Crippen molar-refractivity contribution in [3.63, 3.8) is 0 Å². The third-order valence-corrected chi connectivity index (χ3v) is 1.65. The Hall–Kier alpha value is -1.60.